The normalized spacial score (nSPS) is 17.9. The van der Waals surface area contributed by atoms with Gasteiger partial charge in [0.05, 0.1) is 18.9 Å². The molecule has 2 heterocycles. The average Bonchev–Trinajstić information content (AvgIpc) is 3.37. The monoisotopic (exact) mass is 437 g/mol. The molecule has 1 atom stereocenters. The van der Waals surface area contributed by atoms with Gasteiger partial charge in [0.1, 0.15) is 23.3 Å². The number of aliphatic hydroxyl groups excluding tert-OH is 1. The summed E-state index contributed by atoms with van der Waals surface area (Å²) in [4.78, 5) is 27.4. The minimum absolute atomic E-state index is 0.0393. The number of ketones is 1. The summed E-state index contributed by atoms with van der Waals surface area (Å²) in [5, 5.41) is 11.7. The molecule has 0 radical (unpaired) electrons. The van der Waals surface area contributed by atoms with Crippen LogP contribution in [0.4, 0.5) is 5.69 Å². The highest BCUT2D eigenvalue weighted by Crippen LogP contribution is 2.43. The molecule has 6 nitrogen and oxygen atoms in total. The topological polar surface area (TPSA) is 80.0 Å². The molecule has 1 aliphatic heterocycles. The highest BCUT2D eigenvalue weighted by molar-refractivity contribution is 6.51. The second-order valence-corrected chi connectivity index (χ2v) is 7.73. The third kappa shape index (κ3) is 3.49. The predicted octanol–water partition coefficient (Wildman–Crippen LogP) is 5.18. The lowest BCUT2D eigenvalue weighted by Crippen LogP contribution is -2.29. The van der Waals surface area contributed by atoms with Gasteiger partial charge in [-0.25, -0.2) is 0 Å². The van der Waals surface area contributed by atoms with E-state index in [1.807, 2.05) is 6.92 Å². The quantitative estimate of drug-likeness (QED) is 0.345. The number of carbonyl (C=O) groups is 2. The van der Waals surface area contributed by atoms with Gasteiger partial charge in [0, 0.05) is 16.3 Å². The van der Waals surface area contributed by atoms with E-state index >= 15 is 0 Å². The van der Waals surface area contributed by atoms with E-state index in [0.717, 1.165) is 5.56 Å². The first kappa shape index (κ1) is 20.8. The second kappa shape index (κ2) is 7.96. The lowest BCUT2D eigenvalue weighted by molar-refractivity contribution is -0.132. The molecular formula is C24H20ClNO5. The maximum atomic E-state index is 13.1. The third-order valence-corrected chi connectivity index (χ3v) is 5.61. The molecule has 0 aliphatic carbocycles. The summed E-state index contributed by atoms with van der Waals surface area (Å²) in [6, 6.07) is 12.5. The van der Waals surface area contributed by atoms with Gasteiger partial charge in [0.2, 0.25) is 0 Å². The van der Waals surface area contributed by atoms with Crippen molar-refractivity contribution in [1.29, 1.82) is 0 Å². The van der Waals surface area contributed by atoms with Crippen molar-refractivity contribution in [1.82, 2.24) is 0 Å². The van der Waals surface area contributed by atoms with Crippen molar-refractivity contribution < 1.29 is 23.8 Å². The van der Waals surface area contributed by atoms with Gasteiger partial charge in [0.15, 0.2) is 0 Å². The number of amides is 1. The van der Waals surface area contributed by atoms with E-state index in [2.05, 4.69) is 0 Å². The average molecular weight is 438 g/mol. The Morgan fingerprint density at radius 1 is 1.10 bits per heavy atom. The number of hydrogen-bond donors (Lipinski definition) is 1. The van der Waals surface area contributed by atoms with Gasteiger partial charge < -0.3 is 14.3 Å². The van der Waals surface area contributed by atoms with Crippen LogP contribution >= 0.6 is 11.6 Å². The second-order valence-electron chi connectivity index (χ2n) is 7.30. The molecule has 1 aliphatic rings. The van der Waals surface area contributed by atoms with E-state index in [4.69, 9.17) is 20.8 Å². The van der Waals surface area contributed by atoms with Gasteiger partial charge >= 0.3 is 0 Å². The van der Waals surface area contributed by atoms with Crippen LogP contribution in [0.3, 0.4) is 0 Å². The highest BCUT2D eigenvalue weighted by Gasteiger charge is 2.48. The first-order chi connectivity index (χ1) is 14.8. The molecule has 1 unspecified atom stereocenters. The molecular weight excluding hydrogens is 418 g/mol. The van der Waals surface area contributed by atoms with Crippen molar-refractivity contribution in [2.45, 2.75) is 19.9 Å². The van der Waals surface area contributed by atoms with Crippen molar-refractivity contribution in [3.05, 3.63) is 87.8 Å². The number of aliphatic hydroxyl groups is 1. The van der Waals surface area contributed by atoms with Crippen LogP contribution in [0.2, 0.25) is 5.02 Å². The fraction of sp³-hybridized carbons (Fsp3) is 0.167. The molecule has 1 amide bonds. The Morgan fingerprint density at radius 3 is 2.42 bits per heavy atom. The largest absolute Gasteiger partial charge is 0.507 e. The molecule has 0 saturated carbocycles. The van der Waals surface area contributed by atoms with E-state index in [1.165, 1.54) is 11.2 Å². The summed E-state index contributed by atoms with van der Waals surface area (Å²) in [6.07, 6.45) is 1.46. The molecule has 31 heavy (non-hydrogen) atoms. The van der Waals surface area contributed by atoms with Crippen molar-refractivity contribution >= 4 is 34.7 Å². The van der Waals surface area contributed by atoms with Crippen LogP contribution in [0.15, 0.2) is 64.8 Å². The van der Waals surface area contributed by atoms with Gasteiger partial charge in [-0.05, 0) is 73.5 Å². The molecule has 158 valence electrons. The molecule has 1 N–H and O–H groups in total. The number of carbonyl (C=O) groups excluding carboxylic acids is 2. The van der Waals surface area contributed by atoms with Crippen molar-refractivity contribution in [3.8, 4) is 5.75 Å². The fourth-order valence-electron chi connectivity index (χ4n) is 3.83. The summed E-state index contributed by atoms with van der Waals surface area (Å²) in [6.45, 7) is 3.64. The first-order valence-corrected chi connectivity index (χ1v) is 9.97. The van der Waals surface area contributed by atoms with E-state index in [1.54, 1.807) is 62.6 Å². The lowest BCUT2D eigenvalue weighted by atomic mass is 9.95. The van der Waals surface area contributed by atoms with Crippen LogP contribution in [0.25, 0.3) is 5.76 Å². The van der Waals surface area contributed by atoms with Crippen molar-refractivity contribution in [3.63, 3.8) is 0 Å². The van der Waals surface area contributed by atoms with Gasteiger partial charge in [-0.2, -0.15) is 0 Å². The maximum Gasteiger partial charge on any atom is 0.300 e. The minimum atomic E-state index is -0.919. The molecule has 4 rings (SSSR count). The van der Waals surface area contributed by atoms with Crippen molar-refractivity contribution in [2.24, 2.45) is 0 Å². The Bertz CT molecular complexity index is 1200. The number of ether oxygens (including phenoxy) is 1. The van der Waals surface area contributed by atoms with Gasteiger partial charge in [-0.1, -0.05) is 11.6 Å². The molecule has 1 fully saturated rings. The van der Waals surface area contributed by atoms with E-state index in [0.29, 0.717) is 33.3 Å². The predicted molar refractivity (Wildman–Crippen MR) is 117 cm³/mol. The first-order valence-electron chi connectivity index (χ1n) is 9.59. The summed E-state index contributed by atoms with van der Waals surface area (Å²) in [5.41, 5.74) is 2.37. The van der Waals surface area contributed by atoms with Crippen LogP contribution in [0, 0.1) is 13.8 Å². The Labute approximate surface area is 184 Å². The number of furan rings is 1. The Morgan fingerprint density at radius 2 is 1.81 bits per heavy atom. The van der Waals surface area contributed by atoms with Crippen LogP contribution in [-0.4, -0.2) is 23.9 Å². The molecule has 7 heteroatoms. The number of rotatable bonds is 4. The van der Waals surface area contributed by atoms with Crippen LogP contribution in [0.1, 0.15) is 28.5 Å². The standard InChI is InChI=1S/C24H20ClNO5/c1-13-12-19(30-3)14(2)11-17(13)22(27)20-21(18-5-4-10-31-18)26(24(29)23(20)28)16-8-6-15(25)7-9-16/h4-12,21,27H,1-3H3/b22-20-. The number of methoxy groups -OCH3 is 1. The highest BCUT2D eigenvalue weighted by atomic mass is 35.5. The number of halogens is 1. The SMILES string of the molecule is COc1cc(C)c(/C(O)=C2/C(=O)C(=O)N(c3ccc(Cl)cc3)C2c2ccco2)cc1C. The maximum absolute atomic E-state index is 13.1. The number of hydrogen-bond acceptors (Lipinski definition) is 5. The summed E-state index contributed by atoms with van der Waals surface area (Å²) >= 11 is 5.99. The zero-order chi connectivity index (χ0) is 22.3. The van der Waals surface area contributed by atoms with E-state index in [-0.39, 0.29) is 11.3 Å². The zero-order valence-corrected chi connectivity index (χ0v) is 17.9. The Kier molecular flexibility index (Phi) is 5.33. The Balaban J connectivity index is 1.94. The van der Waals surface area contributed by atoms with Gasteiger partial charge in [0.25, 0.3) is 11.7 Å². The van der Waals surface area contributed by atoms with Crippen LogP contribution in [0.5, 0.6) is 5.75 Å². The molecule has 3 aromatic rings. The van der Waals surface area contributed by atoms with Crippen LogP contribution in [-0.2, 0) is 9.59 Å². The molecule has 1 saturated heterocycles. The van der Waals surface area contributed by atoms with Crippen molar-refractivity contribution in [2.75, 3.05) is 12.0 Å². The molecule has 1 aromatic heterocycles. The molecule has 0 spiro atoms. The van der Waals surface area contributed by atoms with E-state index in [9.17, 15) is 14.7 Å². The number of nitrogens with zero attached hydrogens (tertiary/aromatic N) is 1. The Hall–Kier alpha value is -3.51. The number of benzene rings is 2. The number of aryl methyl sites for hydroxylation is 2. The summed E-state index contributed by atoms with van der Waals surface area (Å²) in [7, 11) is 1.57. The van der Waals surface area contributed by atoms with Gasteiger partial charge in [-0.15, -0.1) is 0 Å². The fourth-order valence-corrected chi connectivity index (χ4v) is 3.95. The minimum Gasteiger partial charge on any atom is -0.507 e. The molecule has 2 aromatic carbocycles. The lowest BCUT2D eigenvalue weighted by Gasteiger charge is -2.23. The smallest absolute Gasteiger partial charge is 0.300 e. The number of anilines is 1. The summed E-state index contributed by atoms with van der Waals surface area (Å²) < 4.78 is 10.9. The number of Topliss-reactive ketones (excluding diaryl/α,β-unsaturated/α-hetero) is 1. The van der Waals surface area contributed by atoms with E-state index < -0.39 is 17.7 Å². The zero-order valence-electron chi connectivity index (χ0n) is 17.2. The van der Waals surface area contributed by atoms with Gasteiger partial charge in [-0.3, -0.25) is 14.5 Å². The third-order valence-electron chi connectivity index (χ3n) is 5.36. The summed E-state index contributed by atoms with van der Waals surface area (Å²) in [5.74, 6) is -0.786. The molecule has 0 bridgehead atoms. The van der Waals surface area contributed by atoms with Crippen LogP contribution < -0.4 is 9.64 Å².